The monoisotopic (exact) mass is 374 g/mol. The smallest absolute Gasteiger partial charge is 0.313 e. The normalized spacial score (nSPS) is 10.8. The van der Waals surface area contributed by atoms with Crippen molar-refractivity contribution in [3.8, 4) is 5.75 Å². The van der Waals surface area contributed by atoms with Crippen molar-refractivity contribution >= 4 is 44.7 Å². The van der Waals surface area contributed by atoms with Crippen molar-refractivity contribution in [3.05, 3.63) is 29.0 Å². The molecular formula is C13H12BrFN2O3S. The van der Waals surface area contributed by atoms with Crippen molar-refractivity contribution in [1.29, 1.82) is 0 Å². The average Bonchev–Trinajstić information content (AvgIpc) is 2.72. The van der Waals surface area contributed by atoms with Crippen LogP contribution in [0.25, 0.3) is 11.0 Å². The molecule has 8 heteroatoms. The predicted octanol–water partition coefficient (Wildman–Crippen LogP) is 3.27. The van der Waals surface area contributed by atoms with Gasteiger partial charge in [0.05, 0.1) is 30.4 Å². The van der Waals surface area contributed by atoms with Crippen molar-refractivity contribution in [1.82, 2.24) is 9.55 Å². The average molecular weight is 375 g/mol. The lowest BCUT2D eigenvalue weighted by Gasteiger charge is -2.08. The van der Waals surface area contributed by atoms with E-state index in [1.807, 2.05) is 0 Å². The highest BCUT2D eigenvalue weighted by atomic mass is 79.9. The molecule has 21 heavy (non-hydrogen) atoms. The molecule has 2 rings (SSSR count). The minimum Gasteiger partial charge on any atom is -0.494 e. The number of imidazole rings is 1. The van der Waals surface area contributed by atoms with Crippen LogP contribution in [0.2, 0.25) is 0 Å². The molecule has 112 valence electrons. The Morgan fingerprint density at radius 2 is 2.33 bits per heavy atom. The van der Waals surface area contributed by atoms with Crippen molar-refractivity contribution in [2.24, 2.45) is 0 Å². The van der Waals surface area contributed by atoms with Gasteiger partial charge in [-0.15, -0.1) is 0 Å². The number of nitrogens with zero attached hydrogens (tertiary/aromatic N) is 2. The molecule has 0 saturated carbocycles. The van der Waals surface area contributed by atoms with Gasteiger partial charge < -0.3 is 14.4 Å². The number of benzene rings is 1. The SMILES string of the molecule is C=C(Br)Cn1c(SCC(=O)O)nc2cc(F)c(OC)cc21. The Morgan fingerprint density at radius 3 is 2.90 bits per heavy atom. The van der Waals surface area contributed by atoms with E-state index < -0.39 is 11.8 Å². The molecule has 0 atom stereocenters. The molecule has 5 nitrogen and oxygen atoms in total. The van der Waals surface area contributed by atoms with Crippen molar-refractivity contribution in [2.45, 2.75) is 11.7 Å². The van der Waals surface area contributed by atoms with Crippen LogP contribution in [0, 0.1) is 5.82 Å². The molecule has 0 radical (unpaired) electrons. The Bertz CT molecular complexity index is 717. The van der Waals surface area contributed by atoms with E-state index in [1.54, 1.807) is 10.6 Å². The van der Waals surface area contributed by atoms with E-state index >= 15 is 0 Å². The maximum absolute atomic E-state index is 13.7. The first kappa shape index (κ1) is 15.8. The van der Waals surface area contributed by atoms with Gasteiger partial charge in [-0.25, -0.2) is 9.37 Å². The summed E-state index contributed by atoms with van der Waals surface area (Å²) in [5.74, 6) is -1.47. The standard InChI is InChI=1S/C13H12BrFN2O3S/c1-7(14)5-17-10-4-11(20-2)8(15)3-9(10)16-13(17)21-6-12(18)19/h3-4H,1,5-6H2,2H3,(H,18,19). The van der Waals surface area contributed by atoms with Crippen LogP contribution in [0.4, 0.5) is 4.39 Å². The van der Waals surface area contributed by atoms with Crippen LogP contribution in [0.1, 0.15) is 0 Å². The molecule has 0 fully saturated rings. The lowest BCUT2D eigenvalue weighted by Crippen LogP contribution is -2.03. The number of carboxylic acids is 1. The fraction of sp³-hybridized carbons (Fsp3) is 0.231. The summed E-state index contributed by atoms with van der Waals surface area (Å²) < 4.78 is 21.2. The number of aromatic nitrogens is 2. The van der Waals surface area contributed by atoms with Gasteiger partial charge in [-0.3, -0.25) is 4.79 Å². The summed E-state index contributed by atoms with van der Waals surface area (Å²) in [4.78, 5) is 15.0. The second-order valence-corrected chi connectivity index (χ2v) is 6.22. The zero-order valence-electron chi connectivity index (χ0n) is 11.1. The molecule has 1 heterocycles. The lowest BCUT2D eigenvalue weighted by atomic mass is 10.3. The quantitative estimate of drug-likeness (QED) is 0.786. The number of allylic oxidation sites excluding steroid dienone is 1. The number of halogens is 2. The molecule has 0 aliphatic carbocycles. The van der Waals surface area contributed by atoms with E-state index in [1.165, 1.54) is 13.2 Å². The Balaban J connectivity index is 2.55. The van der Waals surface area contributed by atoms with E-state index in [-0.39, 0.29) is 11.5 Å². The summed E-state index contributed by atoms with van der Waals surface area (Å²) >= 11 is 4.34. The van der Waals surface area contributed by atoms with E-state index in [9.17, 15) is 9.18 Å². The maximum atomic E-state index is 13.7. The number of carbonyl (C=O) groups is 1. The van der Waals surface area contributed by atoms with Crippen molar-refractivity contribution in [3.63, 3.8) is 0 Å². The largest absolute Gasteiger partial charge is 0.494 e. The molecule has 2 aromatic rings. The number of methoxy groups -OCH3 is 1. The van der Waals surface area contributed by atoms with E-state index in [4.69, 9.17) is 9.84 Å². The van der Waals surface area contributed by atoms with Crippen LogP contribution in [0.3, 0.4) is 0 Å². The number of aliphatic carboxylic acids is 1. The molecule has 1 aromatic heterocycles. The summed E-state index contributed by atoms with van der Waals surface area (Å²) in [5.41, 5.74) is 1.09. The first-order valence-corrected chi connectivity index (χ1v) is 7.62. The summed E-state index contributed by atoms with van der Waals surface area (Å²) in [6.45, 7) is 4.17. The van der Waals surface area contributed by atoms with Gasteiger partial charge in [0.15, 0.2) is 16.7 Å². The van der Waals surface area contributed by atoms with Crippen molar-refractivity contribution in [2.75, 3.05) is 12.9 Å². The highest BCUT2D eigenvalue weighted by Crippen LogP contribution is 2.30. The summed E-state index contributed by atoms with van der Waals surface area (Å²) in [6.07, 6.45) is 0. The Kier molecular flexibility index (Phi) is 4.89. The first-order valence-electron chi connectivity index (χ1n) is 5.84. The first-order chi connectivity index (χ1) is 9.92. The van der Waals surface area contributed by atoms with Gasteiger partial charge in [-0.05, 0) is 0 Å². The number of hydrogen-bond donors (Lipinski definition) is 1. The molecule has 0 amide bonds. The summed E-state index contributed by atoms with van der Waals surface area (Å²) in [5, 5.41) is 9.27. The van der Waals surface area contributed by atoms with Gasteiger partial charge in [0.1, 0.15) is 0 Å². The zero-order valence-corrected chi connectivity index (χ0v) is 13.5. The molecule has 1 aromatic carbocycles. The molecule has 0 saturated heterocycles. The van der Waals surface area contributed by atoms with Crippen molar-refractivity contribution < 1.29 is 19.0 Å². The number of thioether (sulfide) groups is 1. The second-order valence-electron chi connectivity index (χ2n) is 4.16. The minimum absolute atomic E-state index is 0.110. The third-order valence-corrected chi connectivity index (χ3v) is 3.85. The van der Waals surface area contributed by atoms with Crippen LogP contribution >= 0.6 is 27.7 Å². The third kappa shape index (κ3) is 3.56. The van der Waals surface area contributed by atoms with Gasteiger partial charge >= 0.3 is 5.97 Å². The highest BCUT2D eigenvalue weighted by Gasteiger charge is 2.16. The second kappa shape index (κ2) is 6.48. The number of ether oxygens (including phenoxy) is 1. The zero-order chi connectivity index (χ0) is 15.6. The number of rotatable bonds is 6. The van der Waals surface area contributed by atoms with E-state index in [2.05, 4.69) is 27.5 Å². The van der Waals surface area contributed by atoms with Gasteiger partial charge in [0.25, 0.3) is 0 Å². The van der Waals surface area contributed by atoms with Gasteiger partial charge in [0.2, 0.25) is 0 Å². The molecule has 0 aliphatic heterocycles. The van der Waals surface area contributed by atoms with Crippen LogP contribution in [-0.4, -0.2) is 33.5 Å². The van der Waals surface area contributed by atoms with Crippen LogP contribution in [0.5, 0.6) is 5.75 Å². The molecule has 0 bridgehead atoms. The summed E-state index contributed by atoms with van der Waals surface area (Å²) in [7, 11) is 1.38. The fourth-order valence-electron chi connectivity index (χ4n) is 1.82. The number of hydrogen-bond acceptors (Lipinski definition) is 4. The highest BCUT2D eigenvalue weighted by molar-refractivity contribution is 9.11. The third-order valence-electron chi connectivity index (χ3n) is 2.64. The van der Waals surface area contributed by atoms with Crippen LogP contribution in [-0.2, 0) is 11.3 Å². The Hall–Kier alpha value is -1.54. The van der Waals surface area contributed by atoms with Gasteiger partial charge in [-0.1, -0.05) is 34.3 Å². The lowest BCUT2D eigenvalue weighted by molar-refractivity contribution is -0.133. The van der Waals surface area contributed by atoms with Crippen LogP contribution < -0.4 is 4.74 Å². The van der Waals surface area contributed by atoms with Crippen LogP contribution in [0.15, 0.2) is 28.4 Å². The molecule has 0 unspecified atom stereocenters. The molecule has 0 spiro atoms. The molecule has 0 aliphatic rings. The Morgan fingerprint density at radius 1 is 1.62 bits per heavy atom. The van der Waals surface area contributed by atoms with Gasteiger partial charge in [0, 0.05) is 16.6 Å². The molecular weight excluding hydrogens is 363 g/mol. The van der Waals surface area contributed by atoms with E-state index in [0.717, 1.165) is 11.8 Å². The molecule has 1 N–H and O–H groups in total. The van der Waals surface area contributed by atoms with Gasteiger partial charge in [-0.2, -0.15) is 0 Å². The van der Waals surface area contributed by atoms with E-state index in [0.29, 0.717) is 27.2 Å². The minimum atomic E-state index is -0.944. The topological polar surface area (TPSA) is 64.4 Å². The predicted molar refractivity (Wildman–Crippen MR) is 82.7 cm³/mol. The summed E-state index contributed by atoms with van der Waals surface area (Å²) in [6, 6.07) is 2.81. The maximum Gasteiger partial charge on any atom is 0.313 e. The fourth-order valence-corrected chi connectivity index (χ4v) is 2.81. The number of carboxylic acid groups (broad SMARTS) is 1. The Labute approximate surface area is 132 Å². The number of fused-ring (bicyclic) bond motifs is 1.